The molecule has 4 heterocycles. The fourth-order valence-electron chi connectivity index (χ4n) is 5.29. The van der Waals surface area contributed by atoms with E-state index in [-0.39, 0.29) is 0 Å². The van der Waals surface area contributed by atoms with Crippen LogP contribution < -0.4 is 11.1 Å². The molecule has 1 aliphatic carbocycles. The van der Waals surface area contributed by atoms with Crippen LogP contribution in [0.3, 0.4) is 0 Å². The molecule has 2 aliphatic heterocycles. The summed E-state index contributed by atoms with van der Waals surface area (Å²) in [5.41, 5.74) is 6.00. The number of rotatable bonds is 3. The first-order valence-electron chi connectivity index (χ1n) is 9.59. The number of anilines is 1. The molecule has 0 aromatic carbocycles. The minimum atomic E-state index is 0.575. The van der Waals surface area contributed by atoms with Gasteiger partial charge in [0, 0.05) is 29.5 Å². The maximum Gasteiger partial charge on any atom is 0.164 e. The van der Waals surface area contributed by atoms with Gasteiger partial charge in [0.25, 0.3) is 0 Å². The van der Waals surface area contributed by atoms with E-state index in [0.717, 1.165) is 41.1 Å². The molecule has 6 heteroatoms. The number of nitrogen functional groups attached to an aromatic ring is 1. The Bertz CT molecular complexity index is 757. The van der Waals surface area contributed by atoms with Crippen LogP contribution >= 0.6 is 11.3 Å². The second-order valence-corrected chi connectivity index (χ2v) is 9.15. The molecule has 2 saturated heterocycles. The van der Waals surface area contributed by atoms with Gasteiger partial charge >= 0.3 is 0 Å². The molecule has 5 nitrogen and oxygen atoms in total. The predicted molar refractivity (Wildman–Crippen MR) is 101 cm³/mol. The van der Waals surface area contributed by atoms with Crippen LogP contribution in [0.2, 0.25) is 0 Å². The summed E-state index contributed by atoms with van der Waals surface area (Å²) in [7, 11) is 0. The number of nitrogens with one attached hydrogen (secondary N) is 1. The lowest BCUT2D eigenvalue weighted by Gasteiger charge is -2.27. The van der Waals surface area contributed by atoms with E-state index in [1.807, 2.05) is 17.5 Å². The van der Waals surface area contributed by atoms with Crippen molar-refractivity contribution in [3.8, 4) is 0 Å². The molecule has 134 valence electrons. The number of aromatic nitrogens is 2. The molecule has 1 saturated carbocycles. The van der Waals surface area contributed by atoms with Gasteiger partial charge in [-0.2, -0.15) is 5.10 Å². The van der Waals surface area contributed by atoms with E-state index in [2.05, 4.69) is 21.6 Å². The highest BCUT2D eigenvalue weighted by Crippen LogP contribution is 2.50. The second-order valence-electron chi connectivity index (χ2n) is 8.06. The third kappa shape index (κ3) is 2.94. The quantitative estimate of drug-likeness (QED) is 0.882. The van der Waals surface area contributed by atoms with Crippen molar-refractivity contribution in [1.29, 1.82) is 0 Å². The largest absolute Gasteiger partial charge is 0.381 e. The Balaban J connectivity index is 1.30. The van der Waals surface area contributed by atoms with Crippen molar-refractivity contribution in [1.82, 2.24) is 15.5 Å². The third-order valence-electron chi connectivity index (χ3n) is 6.61. The number of thiophene rings is 1. The topological polar surface area (TPSA) is 73.1 Å². The minimum absolute atomic E-state index is 0.575. The second kappa shape index (κ2) is 6.49. The maximum atomic E-state index is 6.00. The summed E-state index contributed by atoms with van der Waals surface area (Å²) in [4.78, 5) is 1.48. The molecule has 2 aromatic rings. The molecule has 3 N–H and O–H groups in total. The Morgan fingerprint density at radius 1 is 1.28 bits per heavy atom. The van der Waals surface area contributed by atoms with Crippen molar-refractivity contribution in [2.75, 3.05) is 25.5 Å². The molecule has 25 heavy (non-hydrogen) atoms. The van der Waals surface area contributed by atoms with Crippen molar-refractivity contribution >= 4 is 27.2 Å². The standard InChI is InChI=1S/C19H26N4OS/c20-19-18-14(10-22-23-19)8-17(25-18)12-6-13-9-21-16(15(13)7-12)5-11-1-3-24-4-2-11/h8,10-13,15-16,21H,1-7,9H2,(H2,20,23)/t12-,13+,15-,16-/m0/s1. The molecule has 0 spiro atoms. The van der Waals surface area contributed by atoms with Crippen LogP contribution in [0.1, 0.15) is 42.9 Å². The molecule has 5 rings (SSSR count). The van der Waals surface area contributed by atoms with Gasteiger partial charge in [-0.25, -0.2) is 0 Å². The molecule has 3 aliphatic rings. The summed E-state index contributed by atoms with van der Waals surface area (Å²) >= 11 is 1.83. The molecule has 0 bridgehead atoms. The molecule has 0 amide bonds. The molecule has 3 fully saturated rings. The van der Waals surface area contributed by atoms with Crippen LogP contribution in [0.5, 0.6) is 0 Å². The Hall–Kier alpha value is -1.24. The Morgan fingerprint density at radius 3 is 3.00 bits per heavy atom. The van der Waals surface area contributed by atoms with Crippen molar-refractivity contribution in [3.05, 3.63) is 17.1 Å². The van der Waals surface area contributed by atoms with E-state index < -0.39 is 0 Å². The molecular weight excluding hydrogens is 332 g/mol. The average molecular weight is 359 g/mol. The lowest BCUT2D eigenvalue weighted by atomic mass is 9.85. The zero-order chi connectivity index (χ0) is 16.8. The fraction of sp³-hybridized carbons (Fsp3) is 0.684. The maximum absolute atomic E-state index is 6.00. The highest BCUT2D eigenvalue weighted by Gasteiger charge is 2.44. The van der Waals surface area contributed by atoms with Crippen LogP contribution in [0.25, 0.3) is 10.1 Å². The Morgan fingerprint density at radius 2 is 2.16 bits per heavy atom. The minimum Gasteiger partial charge on any atom is -0.381 e. The zero-order valence-electron chi connectivity index (χ0n) is 14.5. The molecule has 0 radical (unpaired) electrons. The van der Waals surface area contributed by atoms with Gasteiger partial charge in [-0.1, -0.05) is 0 Å². The van der Waals surface area contributed by atoms with Crippen LogP contribution in [-0.2, 0) is 4.74 Å². The van der Waals surface area contributed by atoms with Gasteiger partial charge < -0.3 is 15.8 Å². The van der Waals surface area contributed by atoms with Gasteiger partial charge in [0.05, 0.1) is 10.9 Å². The highest BCUT2D eigenvalue weighted by atomic mass is 32.1. The van der Waals surface area contributed by atoms with Gasteiger partial charge in [-0.05, 0) is 68.4 Å². The van der Waals surface area contributed by atoms with Crippen LogP contribution in [0, 0.1) is 17.8 Å². The van der Waals surface area contributed by atoms with Crippen LogP contribution in [0.4, 0.5) is 5.82 Å². The van der Waals surface area contributed by atoms with Crippen molar-refractivity contribution in [3.63, 3.8) is 0 Å². The van der Waals surface area contributed by atoms with Gasteiger partial charge in [-0.15, -0.1) is 16.4 Å². The normalized spacial score (nSPS) is 33.1. The summed E-state index contributed by atoms with van der Waals surface area (Å²) < 4.78 is 6.63. The lowest BCUT2D eigenvalue weighted by Crippen LogP contribution is -2.31. The van der Waals surface area contributed by atoms with E-state index in [1.165, 1.54) is 43.5 Å². The number of nitrogens with zero attached hydrogens (tertiary/aromatic N) is 2. The van der Waals surface area contributed by atoms with Gasteiger partial charge in [0.15, 0.2) is 5.82 Å². The first kappa shape index (κ1) is 16.0. The number of hydrogen-bond donors (Lipinski definition) is 2. The molecule has 4 atom stereocenters. The third-order valence-corrected chi connectivity index (χ3v) is 7.95. The van der Waals surface area contributed by atoms with Gasteiger partial charge in [0.1, 0.15) is 0 Å². The summed E-state index contributed by atoms with van der Waals surface area (Å²) in [6.45, 7) is 3.12. The number of fused-ring (bicyclic) bond motifs is 2. The SMILES string of the molecule is Nc1nncc2cc([C@H]3C[C@@H]4CN[C@@H](CC5CCOCC5)[C@H]4C3)sc12. The molecular formula is C19H26N4OS. The summed E-state index contributed by atoms with van der Waals surface area (Å²) in [6, 6.07) is 3.01. The van der Waals surface area contributed by atoms with Crippen LogP contribution in [0.15, 0.2) is 12.3 Å². The average Bonchev–Trinajstić information content (AvgIpc) is 3.31. The van der Waals surface area contributed by atoms with Gasteiger partial charge in [-0.3, -0.25) is 0 Å². The van der Waals surface area contributed by atoms with Crippen molar-refractivity contribution in [2.45, 2.75) is 44.1 Å². The number of ether oxygens (including phenoxy) is 1. The highest BCUT2D eigenvalue weighted by molar-refractivity contribution is 7.19. The van der Waals surface area contributed by atoms with Gasteiger partial charge in [0.2, 0.25) is 0 Å². The van der Waals surface area contributed by atoms with E-state index in [0.29, 0.717) is 17.8 Å². The monoisotopic (exact) mass is 358 g/mol. The predicted octanol–water partition coefficient (Wildman–Crippen LogP) is 3.17. The summed E-state index contributed by atoms with van der Waals surface area (Å²) in [5.74, 6) is 3.79. The molecule has 2 aromatic heterocycles. The zero-order valence-corrected chi connectivity index (χ0v) is 15.3. The number of hydrogen-bond acceptors (Lipinski definition) is 6. The summed E-state index contributed by atoms with van der Waals surface area (Å²) in [6.07, 6.45) is 8.30. The van der Waals surface area contributed by atoms with Crippen molar-refractivity contribution < 1.29 is 4.74 Å². The number of nitrogens with two attached hydrogens (primary N) is 1. The van der Waals surface area contributed by atoms with Crippen LogP contribution in [-0.4, -0.2) is 36.0 Å². The smallest absolute Gasteiger partial charge is 0.164 e. The van der Waals surface area contributed by atoms with E-state index in [4.69, 9.17) is 10.5 Å². The van der Waals surface area contributed by atoms with Crippen molar-refractivity contribution in [2.24, 2.45) is 17.8 Å². The molecule has 0 unspecified atom stereocenters. The fourth-order valence-corrected chi connectivity index (χ4v) is 6.45. The van der Waals surface area contributed by atoms with E-state index in [9.17, 15) is 0 Å². The summed E-state index contributed by atoms with van der Waals surface area (Å²) in [5, 5.41) is 13.0. The van der Waals surface area contributed by atoms with E-state index >= 15 is 0 Å². The first-order valence-corrected chi connectivity index (χ1v) is 10.4. The first-order chi connectivity index (χ1) is 12.3. The van der Waals surface area contributed by atoms with E-state index in [1.54, 1.807) is 0 Å². The Kier molecular flexibility index (Phi) is 4.14. The lowest BCUT2D eigenvalue weighted by molar-refractivity contribution is 0.0593. The Labute approximate surface area is 152 Å².